The second-order valence-electron chi connectivity index (χ2n) is 2.77. The van der Waals surface area contributed by atoms with Crippen LogP contribution in [0.25, 0.3) is 0 Å². The molecule has 0 radical (unpaired) electrons. The van der Waals surface area contributed by atoms with Gasteiger partial charge in [-0.3, -0.25) is 9.59 Å². The fraction of sp³-hybridized carbons (Fsp3) is 0.600. The monoisotopic (exact) mass is 199 g/mol. The minimum Gasteiger partial charge on any atom is -0.465 e. The van der Waals surface area contributed by atoms with Crippen LogP contribution in [0.2, 0.25) is 0 Å². The zero-order chi connectivity index (χ0) is 11.0. The van der Waals surface area contributed by atoms with Gasteiger partial charge in [-0.2, -0.15) is 0 Å². The van der Waals surface area contributed by atoms with Gasteiger partial charge in [-0.1, -0.05) is 13.5 Å². The van der Waals surface area contributed by atoms with Crippen LogP contribution in [-0.2, 0) is 14.3 Å². The SMILES string of the molecule is C=CC(=O)N(CCC)CC(=O)OCC. The predicted octanol–water partition coefficient (Wildman–Crippen LogP) is 0.974. The molecular formula is C10H17NO3. The molecule has 0 N–H and O–H groups in total. The van der Waals surface area contributed by atoms with Gasteiger partial charge in [0.1, 0.15) is 6.54 Å². The highest BCUT2D eigenvalue weighted by atomic mass is 16.5. The first kappa shape index (κ1) is 12.7. The van der Waals surface area contributed by atoms with Gasteiger partial charge >= 0.3 is 5.97 Å². The first-order valence-electron chi connectivity index (χ1n) is 4.72. The molecule has 0 aliphatic heterocycles. The number of rotatable bonds is 6. The Bertz CT molecular complexity index is 213. The number of hydrogen-bond donors (Lipinski definition) is 0. The largest absolute Gasteiger partial charge is 0.465 e. The quantitative estimate of drug-likeness (QED) is 0.473. The fourth-order valence-electron chi connectivity index (χ4n) is 1.03. The molecule has 0 unspecified atom stereocenters. The Kier molecular flexibility index (Phi) is 6.45. The number of hydrogen-bond acceptors (Lipinski definition) is 3. The average Bonchev–Trinajstić information content (AvgIpc) is 2.16. The summed E-state index contributed by atoms with van der Waals surface area (Å²) in [5.74, 6) is -0.615. The summed E-state index contributed by atoms with van der Waals surface area (Å²) < 4.78 is 4.75. The van der Waals surface area contributed by atoms with Crippen LogP contribution >= 0.6 is 0 Å². The number of ether oxygens (including phenoxy) is 1. The first-order chi connectivity index (χ1) is 6.65. The van der Waals surface area contributed by atoms with E-state index < -0.39 is 0 Å². The molecule has 0 spiro atoms. The van der Waals surface area contributed by atoms with Crippen molar-refractivity contribution < 1.29 is 14.3 Å². The Morgan fingerprint density at radius 2 is 2.07 bits per heavy atom. The molecule has 0 aliphatic carbocycles. The number of amides is 1. The maximum absolute atomic E-state index is 11.2. The highest BCUT2D eigenvalue weighted by Gasteiger charge is 2.13. The third kappa shape index (κ3) is 4.64. The van der Waals surface area contributed by atoms with Crippen LogP contribution in [-0.4, -0.2) is 36.5 Å². The fourth-order valence-corrected chi connectivity index (χ4v) is 1.03. The first-order valence-corrected chi connectivity index (χ1v) is 4.72. The zero-order valence-corrected chi connectivity index (χ0v) is 8.78. The average molecular weight is 199 g/mol. The summed E-state index contributed by atoms with van der Waals surface area (Å²) >= 11 is 0. The Hall–Kier alpha value is -1.32. The second-order valence-corrected chi connectivity index (χ2v) is 2.77. The highest BCUT2D eigenvalue weighted by molar-refractivity contribution is 5.89. The molecule has 0 aromatic carbocycles. The summed E-state index contributed by atoms with van der Waals surface area (Å²) in [7, 11) is 0. The van der Waals surface area contributed by atoms with E-state index >= 15 is 0 Å². The van der Waals surface area contributed by atoms with Crippen molar-refractivity contribution in [3.63, 3.8) is 0 Å². The molecule has 0 aliphatic rings. The van der Waals surface area contributed by atoms with E-state index in [1.54, 1.807) is 6.92 Å². The lowest BCUT2D eigenvalue weighted by Gasteiger charge is -2.18. The van der Waals surface area contributed by atoms with Crippen LogP contribution in [0.5, 0.6) is 0 Å². The molecule has 0 aromatic heterocycles. The van der Waals surface area contributed by atoms with Gasteiger partial charge in [0.05, 0.1) is 6.61 Å². The summed E-state index contributed by atoms with van der Waals surface area (Å²) in [4.78, 5) is 23.8. The van der Waals surface area contributed by atoms with Gasteiger partial charge in [-0.05, 0) is 19.4 Å². The molecule has 0 rings (SSSR count). The summed E-state index contributed by atoms with van der Waals surface area (Å²) in [6, 6.07) is 0. The van der Waals surface area contributed by atoms with Gasteiger partial charge in [-0.15, -0.1) is 0 Å². The molecule has 0 bridgehead atoms. The minimum atomic E-state index is -0.379. The van der Waals surface area contributed by atoms with E-state index in [0.29, 0.717) is 13.2 Å². The minimum absolute atomic E-state index is 0.00648. The highest BCUT2D eigenvalue weighted by Crippen LogP contribution is 1.95. The van der Waals surface area contributed by atoms with Crippen LogP contribution < -0.4 is 0 Å². The molecule has 4 nitrogen and oxygen atoms in total. The van der Waals surface area contributed by atoms with E-state index in [-0.39, 0.29) is 18.4 Å². The van der Waals surface area contributed by atoms with E-state index in [0.717, 1.165) is 6.42 Å². The normalized spacial score (nSPS) is 9.29. The van der Waals surface area contributed by atoms with Gasteiger partial charge in [0.25, 0.3) is 0 Å². The van der Waals surface area contributed by atoms with Gasteiger partial charge < -0.3 is 9.64 Å². The van der Waals surface area contributed by atoms with Gasteiger partial charge in [0.15, 0.2) is 0 Å². The van der Waals surface area contributed by atoms with E-state index in [9.17, 15) is 9.59 Å². The Balaban J connectivity index is 4.14. The molecule has 80 valence electrons. The van der Waals surface area contributed by atoms with Crippen molar-refractivity contribution in [2.45, 2.75) is 20.3 Å². The van der Waals surface area contributed by atoms with E-state index in [2.05, 4.69) is 6.58 Å². The molecule has 14 heavy (non-hydrogen) atoms. The van der Waals surface area contributed by atoms with E-state index in [4.69, 9.17) is 4.74 Å². The summed E-state index contributed by atoms with van der Waals surface area (Å²) in [6.45, 7) is 7.93. The van der Waals surface area contributed by atoms with Crippen molar-refractivity contribution in [1.82, 2.24) is 4.90 Å². The molecule has 0 aromatic rings. The van der Waals surface area contributed by atoms with Crippen molar-refractivity contribution >= 4 is 11.9 Å². The molecule has 4 heteroatoms. The lowest BCUT2D eigenvalue weighted by molar-refractivity contribution is -0.147. The molecular weight excluding hydrogens is 182 g/mol. The molecule has 0 saturated carbocycles. The maximum Gasteiger partial charge on any atom is 0.325 e. The van der Waals surface area contributed by atoms with Crippen molar-refractivity contribution in [1.29, 1.82) is 0 Å². The Morgan fingerprint density at radius 1 is 1.43 bits per heavy atom. The third-order valence-corrected chi connectivity index (χ3v) is 1.61. The zero-order valence-electron chi connectivity index (χ0n) is 8.78. The smallest absolute Gasteiger partial charge is 0.325 e. The van der Waals surface area contributed by atoms with E-state index in [1.807, 2.05) is 6.92 Å². The number of carbonyl (C=O) groups is 2. The summed E-state index contributed by atoms with van der Waals surface area (Å²) in [5.41, 5.74) is 0. The van der Waals surface area contributed by atoms with Gasteiger partial charge in [0, 0.05) is 6.54 Å². The van der Waals surface area contributed by atoms with Crippen molar-refractivity contribution in [3.8, 4) is 0 Å². The van der Waals surface area contributed by atoms with Gasteiger partial charge in [-0.25, -0.2) is 0 Å². The van der Waals surface area contributed by atoms with Crippen LogP contribution in [0.3, 0.4) is 0 Å². The molecule has 0 fully saturated rings. The number of carbonyl (C=O) groups excluding carboxylic acids is 2. The third-order valence-electron chi connectivity index (χ3n) is 1.61. The topological polar surface area (TPSA) is 46.6 Å². The number of esters is 1. The molecule has 0 atom stereocenters. The van der Waals surface area contributed by atoms with Crippen LogP contribution in [0.15, 0.2) is 12.7 Å². The van der Waals surface area contributed by atoms with Crippen LogP contribution in [0, 0.1) is 0 Å². The second kappa shape index (κ2) is 7.12. The van der Waals surface area contributed by atoms with E-state index in [1.165, 1.54) is 11.0 Å². The standard InChI is InChI=1S/C10H17NO3/c1-4-7-11(9(12)5-2)8-10(13)14-6-3/h5H,2,4,6-8H2,1,3H3. The Labute approximate surface area is 84.5 Å². The number of nitrogens with zero attached hydrogens (tertiary/aromatic N) is 1. The van der Waals surface area contributed by atoms with Crippen LogP contribution in [0.4, 0.5) is 0 Å². The van der Waals surface area contributed by atoms with Crippen molar-refractivity contribution in [2.24, 2.45) is 0 Å². The molecule has 0 heterocycles. The predicted molar refractivity (Wildman–Crippen MR) is 53.7 cm³/mol. The van der Waals surface area contributed by atoms with Crippen molar-refractivity contribution in [3.05, 3.63) is 12.7 Å². The van der Waals surface area contributed by atoms with Crippen molar-refractivity contribution in [2.75, 3.05) is 19.7 Å². The summed E-state index contributed by atoms with van der Waals surface area (Å²) in [6.07, 6.45) is 2.01. The Morgan fingerprint density at radius 3 is 2.50 bits per heavy atom. The lowest BCUT2D eigenvalue weighted by atomic mass is 10.3. The lowest BCUT2D eigenvalue weighted by Crippen LogP contribution is -2.35. The maximum atomic E-state index is 11.2. The molecule has 0 saturated heterocycles. The van der Waals surface area contributed by atoms with Gasteiger partial charge in [0.2, 0.25) is 5.91 Å². The summed E-state index contributed by atoms with van der Waals surface area (Å²) in [5, 5.41) is 0. The molecule has 1 amide bonds. The van der Waals surface area contributed by atoms with Crippen LogP contribution in [0.1, 0.15) is 20.3 Å².